The molecule has 2 aliphatic carbocycles. The number of hydrogen-bond donors (Lipinski definition) is 6. The summed E-state index contributed by atoms with van der Waals surface area (Å²) in [6.45, 7) is 1.99. The average Bonchev–Trinajstić information content (AvgIpc) is 1.63. The molecule has 6 amide bonds. The molecule has 17 heterocycles. The Kier molecular flexibility index (Phi) is 25.5. The maximum Gasteiger partial charge on any atom is 0.258 e. The van der Waals surface area contributed by atoms with Crippen LogP contribution in [0.1, 0.15) is 54.8 Å². The van der Waals surface area contributed by atoms with E-state index in [9.17, 15) is 62.8 Å². The van der Waals surface area contributed by atoms with Crippen molar-refractivity contribution in [3.63, 3.8) is 0 Å². The molecule has 6 aliphatic heterocycles. The fourth-order valence-electron chi connectivity index (χ4n) is 16.6. The first-order chi connectivity index (χ1) is 68.7. The van der Waals surface area contributed by atoms with Crippen molar-refractivity contribution in [2.24, 2.45) is 7.05 Å². The molecular formula is C96H74F2N24O14S6. The summed E-state index contributed by atoms with van der Waals surface area (Å²) >= 11 is 0. The third kappa shape index (κ3) is 18.8. The van der Waals surface area contributed by atoms with Gasteiger partial charge in [-0.25, -0.2) is 67.1 Å². The van der Waals surface area contributed by atoms with E-state index in [1.807, 2.05) is 148 Å². The minimum absolute atomic E-state index is 0.163. The van der Waals surface area contributed by atoms with Crippen molar-refractivity contribution in [3.05, 3.63) is 292 Å². The molecule has 142 heavy (non-hydrogen) atoms. The zero-order valence-corrected chi connectivity index (χ0v) is 79.5. The summed E-state index contributed by atoms with van der Waals surface area (Å²) in [6.07, 6.45) is 36.1. The molecule has 46 heteroatoms. The second-order valence-corrected chi connectivity index (χ2v) is 39.4. The number of pyridine rings is 4. The van der Waals surface area contributed by atoms with Gasteiger partial charge in [0, 0.05) is 172 Å². The quantitative estimate of drug-likeness (QED) is 0.0555. The van der Waals surface area contributed by atoms with Crippen LogP contribution in [0.25, 0.3) is 157 Å². The number of allylic oxidation sites excluding steroid dienone is 2. The summed E-state index contributed by atoms with van der Waals surface area (Å²) in [7, 11) is -4.57. The lowest BCUT2D eigenvalue weighted by molar-refractivity contribution is -0.115. The minimum atomic E-state index is -2.63. The number of halogens is 2. The molecule has 6 aromatic carbocycles. The van der Waals surface area contributed by atoms with E-state index in [1.54, 1.807) is 110 Å². The highest BCUT2D eigenvalue weighted by molar-refractivity contribution is 7.95. The molecule has 0 radical (unpaired) electrons. The maximum atomic E-state index is 13.3. The van der Waals surface area contributed by atoms with Crippen molar-refractivity contribution in [2.45, 2.75) is 50.9 Å². The Balaban J connectivity index is 0.000000104. The van der Waals surface area contributed by atoms with E-state index in [-0.39, 0.29) is 41.5 Å². The smallest absolute Gasteiger partial charge is 0.258 e. The zero-order valence-electron chi connectivity index (χ0n) is 74.6. The number of aromatic nitrogens is 18. The van der Waals surface area contributed by atoms with E-state index in [2.05, 4.69) is 102 Å². The van der Waals surface area contributed by atoms with E-state index in [4.69, 9.17) is 9.47 Å². The van der Waals surface area contributed by atoms with Crippen LogP contribution in [0.5, 0.6) is 11.6 Å². The van der Waals surface area contributed by atoms with Gasteiger partial charge in [0.1, 0.15) is 5.75 Å². The lowest BCUT2D eigenvalue weighted by Gasteiger charge is -2.21. The molecule has 0 spiro atoms. The molecule has 0 saturated heterocycles. The number of benzene rings is 6. The molecule has 6 atom stereocenters. The second-order valence-electron chi connectivity index (χ2n) is 32.5. The molecule has 1 saturated carbocycles. The van der Waals surface area contributed by atoms with Crippen LogP contribution in [0.2, 0.25) is 0 Å². The first kappa shape index (κ1) is 93.0. The summed E-state index contributed by atoms with van der Waals surface area (Å²) in [6, 6.07) is 46.1. The van der Waals surface area contributed by atoms with E-state index >= 15 is 0 Å². The van der Waals surface area contributed by atoms with Crippen LogP contribution < -0.4 is 37.8 Å². The second kappa shape index (κ2) is 38.9. The molecule has 38 nitrogen and oxygen atoms in total. The normalized spacial score (nSPS) is 18.7. The monoisotopic (exact) mass is 2020 g/mol. The van der Waals surface area contributed by atoms with Gasteiger partial charge in [0.2, 0.25) is 5.88 Å². The molecular weight excluding hydrogens is 1940 g/mol. The van der Waals surface area contributed by atoms with Crippen LogP contribution in [0.4, 0.5) is 8.78 Å². The number of alkyl halides is 2. The minimum Gasteiger partial charge on any atom is -0.496 e. The van der Waals surface area contributed by atoms with Crippen molar-refractivity contribution in [1.29, 1.82) is 0 Å². The molecule has 8 aliphatic rings. The molecule has 0 bridgehead atoms. The third-order valence-electron chi connectivity index (χ3n) is 23.3. The highest BCUT2D eigenvalue weighted by Gasteiger charge is 2.35. The molecule has 11 aromatic heterocycles. The highest BCUT2D eigenvalue weighted by atomic mass is 32.2. The van der Waals surface area contributed by atoms with Gasteiger partial charge in [-0.3, -0.25) is 76.7 Å². The van der Waals surface area contributed by atoms with Crippen molar-refractivity contribution >= 4 is 203 Å². The van der Waals surface area contributed by atoms with Gasteiger partial charge in [-0.05, 0) is 137 Å². The highest BCUT2D eigenvalue weighted by Crippen LogP contribution is 2.43. The van der Waals surface area contributed by atoms with Crippen LogP contribution in [-0.2, 0) is 102 Å². The number of nitrogens with zero attached hydrogens (tertiary/aromatic N) is 18. The third-order valence-corrected chi connectivity index (χ3v) is 29.7. The maximum absolute atomic E-state index is 13.3. The molecule has 6 unspecified atom stereocenters. The first-order valence-electron chi connectivity index (χ1n) is 43.2. The van der Waals surface area contributed by atoms with E-state index in [0.29, 0.717) is 54.6 Å². The number of carbonyl (C=O) groups excluding carboxylic acids is 6. The predicted octanol–water partition coefficient (Wildman–Crippen LogP) is 11.8. The van der Waals surface area contributed by atoms with Gasteiger partial charge in [-0.15, -0.1) is 0 Å². The van der Waals surface area contributed by atoms with Crippen molar-refractivity contribution in [2.75, 3.05) is 14.2 Å². The summed E-state index contributed by atoms with van der Waals surface area (Å²) in [5.74, 6) is -3.11. The topological polar surface area (TPSA) is 472 Å². The van der Waals surface area contributed by atoms with Gasteiger partial charge in [0.05, 0.1) is 90.7 Å². The van der Waals surface area contributed by atoms with Gasteiger partial charge < -0.3 is 9.47 Å². The summed E-state index contributed by atoms with van der Waals surface area (Å²) in [5, 5.41) is 37.1. The Bertz CT molecular complexity index is 8570. The van der Waals surface area contributed by atoms with E-state index in [0.717, 1.165) is 138 Å². The Labute approximate surface area is 817 Å². The molecule has 6 N–H and O–H groups in total. The number of amides is 6. The van der Waals surface area contributed by atoms with E-state index < -0.39 is 83.7 Å². The summed E-state index contributed by atoms with van der Waals surface area (Å²) in [5.41, 5.74) is 18.1. The fraction of sp³-hybridized carbons (Fsp3) is 0.115. The standard InChI is InChI=1S/C18H14N4O2S.C16H13F2N3O2S.2C16H12N4O3S.C16H12N4O2S.C14H11N5O2S/c23-17-8-18(25(24)21-17)22-16-3-1-2-13(14(16)10-20-22)12-6-7-15(19-9-12)11-4-5-11;17-16(18)5-3-10(4-6-16)11-1-2-12-9-19-21(13(12)7-11)15-8-14(22)20-24(15)23;1-23-15-7-10(5-6-17-15)11-3-2-4-13-12(11)9-18-20(13)16-8-14(21)19-24(16)22;1-23-14-5-6-17-8-12(14)10-3-2-4-13-11(10)9-18-20(13)16-7-15(21)19-24(16)22;1-10-5-11(8-17-7-10)12-3-2-4-14-13(12)9-18-20(14)16-6-15(21)19-23(16)22;1-18-8-9(6-15-18)10-3-2-4-12-11(10)7-16-19(12)14-5-13(20)17-22(14)21/h1-3,6-11H,4-5H2,(H,21,23);1-3,7-9H,4-6H2,(H,20,22);2*2-9H,1H3,(H,19,21);2-9H,1H3,(H,19,21);2-8H,1H3,(H,17,20). The Morgan fingerprint density at radius 2 is 0.796 bits per heavy atom. The molecule has 17 aromatic rings. The summed E-state index contributed by atoms with van der Waals surface area (Å²) in [4.78, 5) is 85.5. The molecule has 1 fully saturated rings. The summed E-state index contributed by atoms with van der Waals surface area (Å²) < 4.78 is 134. The van der Waals surface area contributed by atoms with Crippen LogP contribution in [0, 0.1) is 6.92 Å². The van der Waals surface area contributed by atoms with Gasteiger partial charge in [-0.1, -0.05) is 84.9 Å². The van der Waals surface area contributed by atoms with Gasteiger partial charge in [0.15, 0.2) is 96.1 Å². The number of aryl methyl sites for hydroxylation is 2. The number of carbonyl (C=O) groups is 6. The van der Waals surface area contributed by atoms with Crippen LogP contribution >= 0.6 is 0 Å². The lowest BCUT2D eigenvalue weighted by Crippen LogP contribution is -2.18. The zero-order chi connectivity index (χ0) is 98.5. The number of hydrogen-bond acceptors (Lipinski definition) is 25. The molecule has 712 valence electrons. The van der Waals surface area contributed by atoms with Crippen LogP contribution in [0.3, 0.4) is 0 Å². The van der Waals surface area contributed by atoms with Gasteiger partial charge in [0.25, 0.3) is 41.4 Å². The number of rotatable bonds is 15. The lowest BCUT2D eigenvalue weighted by atomic mass is 9.91. The fourth-order valence-corrected chi connectivity index (χ4v) is 21.8. The van der Waals surface area contributed by atoms with Crippen molar-refractivity contribution in [1.82, 2.24) is 117 Å². The predicted molar refractivity (Wildman–Crippen MR) is 533 cm³/mol. The van der Waals surface area contributed by atoms with Gasteiger partial charge in [-0.2, -0.15) is 35.7 Å². The number of methoxy groups -OCH3 is 2. The van der Waals surface area contributed by atoms with Crippen LogP contribution in [-0.4, -0.2) is 169 Å². The largest absolute Gasteiger partial charge is 0.496 e. The number of nitrogens with one attached hydrogen (secondary N) is 6. The average molecular weight is 2020 g/mol. The Hall–Kier alpha value is -16.7. The van der Waals surface area contributed by atoms with Crippen molar-refractivity contribution in [3.8, 4) is 67.3 Å². The first-order valence-corrected chi connectivity index (χ1v) is 50.1. The molecule has 25 rings (SSSR count). The number of fused-ring (bicyclic) bond motifs is 6. The Morgan fingerprint density at radius 3 is 1.19 bits per heavy atom. The SMILES string of the molecule is COc1cc(-c2cccc3c2cnn3C2=CC(=O)NS2=O)ccn1.COc1ccncc1-c1cccc2c1cnn2C1=CC(=O)NS1=O.Cc1cncc(-c2cccc3c2cnn3C2=CC(=O)NS2=O)c1.Cn1cc(-c2cccc3c2cnn3C2=CC(=O)NS2=O)cn1.O=C1C=C(n2ncc3c(-c4ccc(C5CC5)nc4)cccc32)S(=O)N1.O=C1C=C(n2ncc3ccc(C4=CCC(F)(F)CC4)cc32)S(=O)N1. The number of ether oxygens (including phenoxy) is 2. The Morgan fingerprint density at radius 1 is 0.373 bits per heavy atom. The van der Waals surface area contributed by atoms with Crippen molar-refractivity contribution < 1.29 is 72.3 Å². The van der Waals surface area contributed by atoms with Crippen LogP contribution in [0.15, 0.2) is 275 Å². The van der Waals surface area contributed by atoms with E-state index in [1.165, 1.54) is 72.7 Å². The van der Waals surface area contributed by atoms with Gasteiger partial charge >= 0.3 is 0 Å².